The lowest BCUT2D eigenvalue weighted by Crippen LogP contribution is -2.45. The molecule has 7 nitrogen and oxygen atoms in total. The number of nitrogens with zero attached hydrogens (tertiary/aromatic N) is 3. The molecule has 0 saturated carbocycles. The average Bonchev–Trinajstić information content (AvgIpc) is 3.39. The first-order chi connectivity index (χ1) is 17.0. The summed E-state index contributed by atoms with van der Waals surface area (Å²) in [5, 5.41) is 11.4. The molecule has 4 rings (SSSR count). The van der Waals surface area contributed by atoms with Crippen molar-refractivity contribution >= 4 is 11.8 Å². The van der Waals surface area contributed by atoms with Crippen LogP contribution >= 0.6 is 0 Å². The molecule has 184 valence electrons. The minimum atomic E-state index is -0.142. The summed E-state index contributed by atoms with van der Waals surface area (Å²) in [5.41, 5.74) is 3.38. The van der Waals surface area contributed by atoms with Crippen molar-refractivity contribution in [3.05, 3.63) is 59.7 Å². The van der Waals surface area contributed by atoms with Gasteiger partial charge >= 0.3 is 0 Å². The van der Waals surface area contributed by atoms with E-state index in [9.17, 15) is 9.59 Å². The third-order valence-electron chi connectivity index (χ3n) is 6.51. The van der Waals surface area contributed by atoms with E-state index in [0.717, 1.165) is 42.4 Å². The molecule has 1 N–H and O–H groups in total. The van der Waals surface area contributed by atoms with Gasteiger partial charge in [-0.25, -0.2) is 0 Å². The number of nitrogens with one attached hydrogen (secondary N) is 1. The molecule has 1 aromatic heterocycles. The Kier molecular flexibility index (Phi) is 8.29. The zero-order valence-corrected chi connectivity index (χ0v) is 20.6. The van der Waals surface area contributed by atoms with Crippen LogP contribution in [-0.2, 0) is 4.79 Å². The van der Waals surface area contributed by atoms with Gasteiger partial charge in [0.1, 0.15) is 0 Å². The van der Waals surface area contributed by atoms with Crippen molar-refractivity contribution in [3.8, 4) is 22.9 Å². The second-order valence-electron chi connectivity index (χ2n) is 9.30. The van der Waals surface area contributed by atoms with Crippen molar-refractivity contribution in [1.29, 1.82) is 0 Å². The molecule has 7 heteroatoms. The van der Waals surface area contributed by atoms with Crippen molar-refractivity contribution in [1.82, 2.24) is 20.4 Å². The molecule has 0 spiro atoms. The second-order valence-corrected chi connectivity index (χ2v) is 9.30. The van der Waals surface area contributed by atoms with Crippen LogP contribution in [0.3, 0.4) is 0 Å². The Bertz CT molecular complexity index is 1120. The van der Waals surface area contributed by atoms with Gasteiger partial charge in [-0.1, -0.05) is 43.9 Å². The number of hydrogen-bond donors (Lipinski definition) is 1. The van der Waals surface area contributed by atoms with E-state index >= 15 is 0 Å². The van der Waals surface area contributed by atoms with Gasteiger partial charge in [-0.15, -0.1) is 10.2 Å². The fourth-order valence-corrected chi connectivity index (χ4v) is 4.37. The number of carbonyl (C=O) groups is 2. The molecular formula is C28H34N4O3. The van der Waals surface area contributed by atoms with Crippen molar-refractivity contribution in [2.45, 2.75) is 52.4 Å². The Hall–Kier alpha value is -3.48. The highest BCUT2D eigenvalue weighted by Crippen LogP contribution is 2.25. The summed E-state index contributed by atoms with van der Waals surface area (Å²) in [5.74, 6) is 0.742. The molecular weight excluding hydrogens is 440 g/mol. The number of piperidine rings is 1. The molecule has 2 amide bonds. The minimum Gasteiger partial charge on any atom is -0.416 e. The zero-order valence-electron chi connectivity index (χ0n) is 20.6. The van der Waals surface area contributed by atoms with Crippen molar-refractivity contribution in [2.24, 2.45) is 5.92 Å². The first-order valence-electron chi connectivity index (χ1n) is 12.6. The summed E-state index contributed by atoms with van der Waals surface area (Å²) >= 11 is 0. The number of amides is 2. The number of benzene rings is 2. The number of aryl methyl sites for hydroxylation is 1. The van der Waals surface area contributed by atoms with E-state index in [-0.39, 0.29) is 17.7 Å². The van der Waals surface area contributed by atoms with E-state index in [4.69, 9.17) is 4.42 Å². The first kappa shape index (κ1) is 24.6. The standard InChI is InChI=1S/C28H34N4O3/c1-3-4-5-6-17-29-25(33)24-8-7-18-32(19-24)28(34)23-15-13-22(14-16-23)27-31-30-26(35-27)21-11-9-20(2)10-12-21/h9-16,24H,3-8,17-19H2,1-2H3,(H,29,33). The van der Waals surface area contributed by atoms with Crippen LogP contribution in [0.25, 0.3) is 22.9 Å². The summed E-state index contributed by atoms with van der Waals surface area (Å²) in [6.45, 7) is 6.05. The van der Waals surface area contributed by atoms with E-state index in [2.05, 4.69) is 22.4 Å². The lowest BCUT2D eigenvalue weighted by molar-refractivity contribution is -0.126. The number of carbonyl (C=O) groups excluding carboxylic acids is 2. The third-order valence-corrected chi connectivity index (χ3v) is 6.51. The first-order valence-corrected chi connectivity index (χ1v) is 12.6. The Balaban J connectivity index is 1.34. The summed E-state index contributed by atoms with van der Waals surface area (Å²) in [4.78, 5) is 27.5. The Morgan fingerprint density at radius 2 is 1.63 bits per heavy atom. The molecule has 2 aromatic carbocycles. The van der Waals surface area contributed by atoms with Gasteiger partial charge in [0.05, 0.1) is 5.92 Å². The molecule has 1 aliphatic rings. The van der Waals surface area contributed by atoms with Crippen LogP contribution in [0, 0.1) is 12.8 Å². The Labute approximate surface area is 206 Å². The molecule has 0 bridgehead atoms. The monoisotopic (exact) mass is 474 g/mol. The SMILES string of the molecule is CCCCCCNC(=O)C1CCCN(C(=O)c2ccc(-c3nnc(-c4ccc(C)cc4)o3)cc2)C1. The maximum absolute atomic E-state index is 13.1. The van der Waals surface area contributed by atoms with Crippen LogP contribution in [-0.4, -0.2) is 46.5 Å². The molecule has 1 fully saturated rings. The maximum atomic E-state index is 13.1. The van der Waals surface area contributed by atoms with E-state index in [1.807, 2.05) is 43.3 Å². The molecule has 1 aliphatic heterocycles. The second kappa shape index (κ2) is 11.8. The van der Waals surface area contributed by atoms with Crippen LogP contribution < -0.4 is 5.32 Å². The number of rotatable bonds is 9. The van der Waals surface area contributed by atoms with E-state index < -0.39 is 0 Å². The number of hydrogen-bond acceptors (Lipinski definition) is 5. The highest BCUT2D eigenvalue weighted by atomic mass is 16.4. The van der Waals surface area contributed by atoms with Crippen molar-refractivity contribution in [2.75, 3.05) is 19.6 Å². The molecule has 2 heterocycles. The summed E-state index contributed by atoms with van der Waals surface area (Å²) in [7, 11) is 0. The highest BCUT2D eigenvalue weighted by molar-refractivity contribution is 5.95. The van der Waals surface area contributed by atoms with E-state index in [1.54, 1.807) is 17.0 Å². The largest absolute Gasteiger partial charge is 0.416 e. The number of aromatic nitrogens is 2. The predicted molar refractivity (Wildman–Crippen MR) is 136 cm³/mol. The molecule has 0 radical (unpaired) electrons. The highest BCUT2D eigenvalue weighted by Gasteiger charge is 2.28. The maximum Gasteiger partial charge on any atom is 0.253 e. The van der Waals surface area contributed by atoms with Crippen LogP contribution in [0.4, 0.5) is 0 Å². The van der Waals surface area contributed by atoms with Gasteiger partial charge in [-0.05, 0) is 62.6 Å². The summed E-state index contributed by atoms with van der Waals surface area (Å²) < 4.78 is 5.84. The minimum absolute atomic E-state index is 0.0529. The van der Waals surface area contributed by atoms with Crippen molar-refractivity contribution < 1.29 is 14.0 Å². The fourth-order valence-electron chi connectivity index (χ4n) is 4.37. The fraction of sp³-hybridized carbons (Fsp3) is 0.429. The van der Waals surface area contributed by atoms with Gasteiger partial charge in [-0.2, -0.15) is 0 Å². The van der Waals surface area contributed by atoms with Crippen molar-refractivity contribution in [3.63, 3.8) is 0 Å². The number of unbranched alkanes of at least 4 members (excludes halogenated alkanes) is 3. The van der Waals surface area contributed by atoms with E-state index in [1.165, 1.54) is 12.8 Å². The van der Waals surface area contributed by atoms with Gasteiger partial charge < -0.3 is 14.6 Å². The topological polar surface area (TPSA) is 88.3 Å². The molecule has 3 aromatic rings. The van der Waals surface area contributed by atoms with Gasteiger partial charge in [0.15, 0.2) is 0 Å². The van der Waals surface area contributed by atoms with Gasteiger partial charge in [0.25, 0.3) is 5.91 Å². The zero-order chi connectivity index (χ0) is 24.6. The van der Waals surface area contributed by atoms with Crippen LogP contribution in [0.2, 0.25) is 0 Å². The van der Waals surface area contributed by atoms with E-state index in [0.29, 0.717) is 37.0 Å². The Morgan fingerprint density at radius 1 is 0.971 bits per heavy atom. The normalized spacial score (nSPS) is 15.7. The molecule has 1 unspecified atom stereocenters. The van der Waals surface area contributed by atoms with Crippen LogP contribution in [0.5, 0.6) is 0 Å². The van der Waals surface area contributed by atoms with Gasteiger partial charge in [0, 0.05) is 36.3 Å². The summed E-state index contributed by atoms with van der Waals surface area (Å²) in [6, 6.07) is 15.1. The molecule has 0 aliphatic carbocycles. The predicted octanol–water partition coefficient (Wildman–Crippen LogP) is 5.26. The lowest BCUT2D eigenvalue weighted by atomic mass is 9.96. The Morgan fingerprint density at radius 3 is 2.29 bits per heavy atom. The van der Waals surface area contributed by atoms with Gasteiger partial charge in [-0.3, -0.25) is 9.59 Å². The smallest absolute Gasteiger partial charge is 0.253 e. The average molecular weight is 475 g/mol. The molecule has 1 atom stereocenters. The summed E-state index contributed by atoms with van der Waals surface area (Å²) in [6.07, 6.45) is 6.18. The number of likely N-dealkylation sites (tertiary alicyclic amines) is 1. The lowest BCUT2D eigenvalue weighted by Gasteiger charge is -2.32. The van der Waals surface area contributed by atoms with Crippen LogP contribution in [0.1, 0.15) is 61.4 Å². The quantitative estimate of drug-likeness (QED) is 0.427. The molecule has 35 heavy (non-hydrogen) atoms. The van der Waals surface area contributed by atoms with Crippen LogP contribution in [0.15, 0.2) is 52.9 Å². The van der Waals surface area contributed by atoms with Gasteiger partial charge in [0.2, 0.25) is 17.7 Å². The molecule has 1 saturated heterocycles. The third kappa shape index (κ3) is 6.35.